The molecule has 0 heterocycles. The van der Waals surface area contributed by atoms with Crippen LogP contribution in [0.4, 0.5) is 0 Å². The van der Waals surface area contributed by atoms with Crippen LogP contribution in [0.15, 0.2) is 30.1 Å². The number of benzene rings is 1. The topological polar surface area (TPSA) is 52.6 Å². The van der Waals surface area contributed by atoms with Crippen LogP contribution < -0.4 is 10.0 Å². The summed E-state index contributed by atoms with van der Waals surface area (Å²) in [7, 11) is -1.95. The third-order valence-electron chi connectivity index (χ3n) is 3.44. The molecule has 0 spiro atoms. The van der Waals surface area contributed by atoms with Crippen molar-refractivity contribution in [2.75, 3.05) is 13.7 Å². The van der Waals surface area contributed by atoms with E-state index < -0.39 is 7.37 Å². The largest absolute Gasteiger partial charge is 0.494 e. The van der Waals surface area contributed by atoms with Gasteiger partial charge in [-0.2, -0.15) is 0 Å². The zero-order valence-electron chi connectivity index (χ0n) is 13.4. The first-order chi connectivity index (χ1) is 10.7. The third-order valence-corrected chi connectivity index (χ3v) is 5.42. The second kappa shape index (κ2) is 10.4. The van der Waals surface area contributed by atoms with Crippen molar-refractivity contribution in [1.82, 2.24) is 0 Å². The highest BCUT2D eigenvalue weighted by molar-refractivity contribution is 7.70. The van der Waals surface area contributed by atoms with Gasteiger partial charge in [-0.1, -0.05) is 45.1 Å². The van der Waals surface area contributed by atoms with Crippen LogP contribution in [0.1, 0.15) is 45.4 Å². The Hall–Kier alpha value is -1.34. The van der Waals surface area contributed by atoms with E-state index in [2.05, 4.69) is 6.92 Å². The van der Waals surface area contributed by atoms with Gasteiger partial charge >= 0.3 is 0 Å². The number of ether oxygens (including phenoxy) is 1. The fraction of sp³-hybridized carbons (Fsp3) is 0.529. The van der Waals surface area contributed by atoms with E-state index in [0.717, 1.165) is 18.7 Å². The van der Waals surface area contributed by atoms with E-state index >= 15 is 0 Å². The molecule has 0 aliphatic carbocycles. The summed E-state index contributed by atoms with van der Waals surface area (Å²) in [6, 6.07) is 6.88. The number of hydrogen-bond acceptors (Lipinski definition) is 4. The minimum atomic E-state index is -3.27. The van der Waals surface area contributed by atoms with E-state index in [9.17, 15) is 9.36 Å². The number of carbonyl (C=O) groups excluding carboxylic acids is 1. The van der Waals surface area contributed by atoms with Crippen LogP contribution in [-0.4, -0.2) is 19.7 Å². The van der Waals surface area contributed by atoms with E-state index in [0.29, 0.717) is 17.7 Å². The van der Waals surface area contributed by atoms with E-state index in [1.54, 1.807) is 24.1 Å². The van der Waals surface area contributed by atoms with Crippen molar-refractivity contribution in [2.24, 2.45) is 0 Å². The Kier molecular flexibility index (Phi) is 8.84. The van der Waals surface area contributed by atoms with Gasteiger partial charge in [-0.05, 0) is 24.6 Å². The first-order valence-electron chi connectivity index (χ1n) is 7.77. The molecule has 0 aromatic heterocycles. The Labute approximate surface area is 133 Å². The SMILES string of the molecule is CCCCCCCCOc1cccc(P(=O)(C=C=O)OC)c1. The number of unbranched alkanes of at least 4 members (excludes halogenated alkanes) is 5. The summed E-state index contributed by atoms with van der Waals surface area (Å²) in [6.07, 6.45) is 7.22. The van der Waals surface area contributed by atoms with Crippen LogP contribution in [-0.2, 0) is 13.9 Å². The molecule has 0 saturated carbocycles. The van der Waals surface area contributed by atoms with Gasteiger partial charge in [0.2, 0.25) is 0 Å². The molecule has 1 aromatic rings. The van der Waals surface area contributed by atoms with Crippen molar-refractivity contribution in [2.45, 2.75) is 45.4 Å². The highest BCUT2D eigenvalue weighted by atomic mass is 31.2. The first-order valence-corrected chi connectivity index (χ1v) is 9.46. The van der Waals surface area contributed by atoms with Crippen molar-refractivity contribution in [3.63, 3.8) is 0 Å². The monoisotopic (exact) mass is 324 g/mol. The molecule has 5 heteroatoms. The van der Waals surface area contributed by atoms with Crippen LogP contribution in [0.2, 0.25) is 0 Å². The van der Waals surface area contributed by atoms with E-state index in [1.807, 2.05) is 6.07 Å². The van der Waals surface area contributed by atoms with Crippen molar-refractivity contribution >= 4 is 18.6 Å². The molecule has 0 saturated heterocycles. The zero-order chi connectivity index (χ0) is 16.3. The van der Waals surface area contributed by atoms with Gasteiger partial charge in [0.1, 0.15) is 11.7 Å². The molecule has 122 valence electrons. The zero-order valence-corrected chi connectivity index (χ0v) is 14.3. The maximum Gasteiger partial charge on any atom is 0.264 e. The lowest BCUT2D eigenvalue weighted by molar-refractivity contribution is 0.304. The molecule has 22 heavy (non-hydrogen) atoms. The maximum atomic E-state index is 12.4. The molecule has 0 N–H and O–H groups in total. The summed E-state index contributed by atoms with van der Waals surface area (Å²) in [5, 5.41) is 0.443. The highest BCUT2D eigenvalue weighted by Crippen LogP contribution is 2.45. The lowest BCUT2D eigenvalue weighted by atomic mass is 10.1. The molecule has 0 aliphatic heterocycles. The van der Waals surface area contributed by atoms with Crippen molar-refractivity contribution in [3.05, 3.63) is 30.1 Å². The molecular weight excluding hydrogens is 299 g/mol. The molecule has 4 nitrogen and oxygen atoms in total. The van der Waals surface area contributed by atoms with Gasteiger partial charge < -0.3 is 9.26 Å². The minimum Gasteiger partial charge on any atom is -0.494 e. The lowest BCUT2D eigenvalue weighted by Gasteiger charge is -2.12. The Balaban J connectivity index is 2.51. The fourth-order valence-electron chi connectivity index (χ4n) is 2.14. The lowest BCUT2D eigenvalue weighted by Crippen LogP contribution is -2.06. The van der Waals surface area contributed by atoms with Gasteiger partial charge in [-0.25, -0.2) is 4.79 Å². The van der Waals surface area contributed by atoms with Crippen LogP contribution >= 0.6 is 7.37 Å². The molecule has 0 aliphatic rings. The minimum absolute atomic E-state index is 0.443. The summed E-state index contributed by atoms with van der Waals surface area (Å²) in [4.78, 5) is 10.5. The normalized spacial score (nSPS) is 13.2. The van der Waals surface area contributed by atoms with Crippen LogP contribution in [0.5, 0.6) is 5.75 Å². The smallest absolute Gasteiger partial charge is 0.264 e. The summed E-state index contributed by atoms with van der Waals surface area (Å²) < 4.78 is 23.1. The van der Waals surface area contributed by atoms with Gasteiger partial charge in [0.25, 0.3) is 7.37 Å². The summed E-state index contributed by atoms with van der Waals surface area (Å²) >= 11 is 0. The van der Waals surface area contributed by atoms with Crippen molar-refractivity contribution in [1.29, 1.82) is 0 Å². The second-order valence-corrected chi connectivity index (χ2v) is 7.47. The molecule has 0 radical (unpaired) electrons. The van der Waals surface area contributed by atoms with Gasteiger partial charge in [-0.3, -0.25) is 4.57 Å². The predicted molar refractivity (Wildman–Crippen MR) is 89.8 cm³/mol. The van der Waals surface area contributed by atoms with Gasteiger partial charge in [0.15, 0.2) is 0 Å². The van der Waals surface area contributed by atoms with Crippen LogP contribution in [0.3, 0.4) is 0 Å². The van der Waals surface area contributed by atoms with Crippen LogP contribution in [0, 0.1) is 0 Å². The Bertz CT molecular complexity index is 535. The molecule has 0 amide bonds. The Morgan fingerprint density at radius 1 is 1.18 bits per heavy atom. The van der Waals surface area contributed by atoms with Gasteiger partial charge in [0.05, 0.1) is 12.4 Å². The molecule has 1 atom stereocenters. The fourth-order valence-corrected chi connectivity index (χ4v) is 3.35. The Morgan fingerprint density at radius 2 is 1.91 bits per heavy atom. The standard InChI is InChI=1S/C17H25O4P/c1-3-4-5-6-7-8-13-21-16-10-9-11-17(15-16)22(19,20-2)14-12-18/h9-11,14-15H,3-8,13H2,1-2H3. The summed E-state index contributed by atoms with van der Waals surface area (Å²) in [5.74, 6) is 3.14. The molecule has 0 fully saturated rings. The number of rotatable bonds is 11. The van der Waals surface area contributed by atoms with E-state index in [-0.39, 0.29) is 0 Å². The molecule has 0 bridgehead atoms. The molecular formula is C17H25O4P. The van der Waals surface area contributed by atoms with E-state index in [1.165, 1.54) is 32.8 Å². The van der Waals surface area contributed by atoms with Gasteiger partial charge in [0, 0.05) is 12.4 Å². The average molecular weight is 324 g/mol. The van der Waals surface area contributed by atoms with E-state index in [4.69, 9.17) is 9.26 Å². The molecule has 1 rings (SSSR count). The van der Waals surface area contributed by atoms with Crippen LogP contribution in [0.25, 0.3) is 0 Å². The Morgan fingerprint density at radius 3 is 2.59 bits per heavy atom. The third kappa shape index (κ3) is 6.19. The number of hydrogen-bond donors (Lipinski definition) is 0. The predicted octanol–water partition coefficient (Wildman–Crippen LogP) is 4.32. The summed E-state index contributed by atoms with van der Waals surface area (Å²) in [6.45, 7) is 2.84. The second-order valence-electron chi connectivity index (χ2n) is 5.14. The maximum absolute atomic E-state index is 12.4. The van der Waals surface area contributed by atoms with Crippen molar-refractivity contribution in [3.8, 4) is 5.75 Å². The average Bonchev–Trinajstić information content (AvgIpc) is 2.54. The van der Waals surface area contributed by atoms with Crippen molar-refractivity contribution < 1.29 is 18.6 Å². The highest BCUT2D eigenvalue weighted by Gasteiger charge is 2.22. The van der Waals surface area contributed by atoms with Gasteiger partial charge in [-0.15, -0.1) is 0 Å². The molecule has 1 unspecified atom stereocenters. The summed E-state index contributed by atoms with van der Waals surface area (Å²) in [5.41, 5.74) is 0. The first kappa shape index (κ1) is 18.7. The quantitative estimate of drug-likeness (QED) is 0.345. The molecule has 1 aromatic carbocycles.